The lowest BCUT2D eigenvalue weighted by atomic mass is 10.2. The van der Waals surface area contributed by atoms with Crippen LogP contribution in [0, 0.1) is 0 Å². The predicted octanol–water partition coefficient (Wildman–Crippen LogP) is 0.352. The predicted molar refractivity (Wildman–Crippen MR) is 49.6 cm³/mol. The highest BCUT2D eigenvalue weighted by Crippen LogP contribution is 2.28. The number of hydrogen-bond acceptors (Lipinski definition) is 4. The Bertz CT molecular complexity index is 576. The minimum atomic E-state index is -4.64. The first-order chi connectivity index (χ1) is 7.95. The monoisotopic (exact) mass is 245 g/mol. The molecule has 0 aromatic carbocycles. The third-order valence-corrected chi connectivity index (χ3v) is 2.06. The lowest BCUT2D eigenvalue weighted by molar-refractivity contribution is -0.145. The fraction of sp³-hybridized carbons (Fsp3) is 0.125. The van der Waals surface area contributed by atoms with Crippen molar-refractivity contribution < 1.29 is 18.0 Å². The number of fused-ring (bicyclic) bond motifs is 1. The number of carbonyl (C=O) groups excluding carboxylic acids is 1. The molecule has 6 nitrogen and oxygen atoms in total. The van der Waals surface area contributed by atoms with Gasteiger partial charge in [-0.1, -0.05) is 0 Å². The van der Waals surface area contributed by atoms with Crippen molar-refractivity contribution in [1.82, 2.24) is 20.0 Å². The second-order valence-electron chi connectivity index (χ2n) is 3.11. The molecule has 0 spiro atoms. The average molecular weight is 245 g/mol. The summed E-state index contributed by atoms with van der Waals surface area (Å²) in [5, 5.41) is 6.34. The number of amides is 1. The summed E-state index contributed by atoms with van der Waals surface area (Å²) in [5.74, 6) is 2.97. The van der Waals surface area contributed by atoms with E-state index >= 15 is 0 Å². The number of nitrogens with zero attached hydrogens (tertiary/aromatic N) is 3. The Morgan fingerprint density at radius 1 is 1.41 bits per heavy atom. The molecule has 0 saturated heterocycles. The number of aromatic nitrogens is 3. The first-order valence-electron chi connectivity index (χ1n) is 4.37. The van der Waals surface area contributed by atoms with E-state index in [1.165, 1.54) is 12.1 Å². The molecule has 2 aromatic heterocycles. The van der Waals surface area contributed by atoms with Crippen LogP contribution in [0.25, 0.3) is 5.65 Å². The van der Waals surface area contributed by atoms with Crippen LogP contribution in [0.1, 0.15) is 16.2 Å². The molecule has 17 heavy (non-hydrogen) atoms. The van der Waals surface area contributed by atoms with Gasteiger partial charge in [-0.3, -0.25) is 14.6 Å². The minimum absolute atomic E-state index is 0.0852. The fourth-order valence-corrected chi connectivity index (χ4v) is 1.36. The van der Waals surface area contributed by atoms with E-state index in [4.69, 9.17) is 5.84 Å². The number of nitrogens with two attached hydrogens (primary N) is 1. The van der Waals surface area contributed by atoms with Gasteiger partial charge in [0.25, 0.3) is 5.91 Å². The highest BCUT2D eigenvalue weighted by Gasteiger charge is 2.37. The Balaban J connectivity index is 2.69. The van der Waals surface area contributed by atoms with Crippen molar-refractivity contribution in [2.24, 2.45) is 5.84 Å². The third-order valence-electron chi connectivity index (χ3n) is 2.06. The maximum absolute atomic E-state index is 12.5. The molecular formula is C8H6F3N5O. The van der Waals surface area contributed by atoms with E-state index in [0.29, 0.717) is 4.40 Å². The molecule has 0 aliphatic heterocycles. The molecule has 2 aromatic rings. The van der Waals surface area contributed by atoms with Crippen molar-refractivity contribution in [3.05, 3.63) is 29.7 Å². The number of alkyl halides is 3. The lowest BCUT2D eigenvalue weighted by Gasteiger charge is -2.05. The molecule has 0 atom stereocenters. The molecule has 0 fully saturated rings. The van der Waals surface area contributed by atoms with Crippen LogP contribution in [0.4, 0.5) is 13.2 Å². The van der Waals surface area contributed by atoms with E-state index in [-0.39, 0.29) is 11.2 Å². The van der Waals surface area contributed by atoms with Gasteiger partial charge in [0, 0.05) is 6.20 Å². The topological polar surface area (TPSA) is 85.3 Å². The van der Waals surface area contributed by atoms with Crippen molar-refractivity contribution in [1.29, 1.82) is 0 Å². The number of nitrogens with one attached hydrogen (secondary N) is 1. The van der Waals surface area contributed by atoms with Crippen LogP contribution < -0.4 is 11.3 Å². The standard InChI is InChI=1S/C8H6F3N5O/c9-8(10,11)7-15-14-5-4(6(17)13-12)2-1-3-16(5)7/h1-3H,12H2,(H,13,17). The normalized spacial score (nSPS) is 11.8. The molecule has 1 amide bonds. The van der Waals surface area contributed by atoms with Crippen molar-refractivity contribution in [3.8, 4) is 0 Å². The van der Waals surface area contributed by atoms with E-state index in [1.54, 1.807) is 0 Å². The van der Waals surface area contributed by atoms with Crippen LogP contribution >= 0.6 is 0 Å². The molecule has 0 radical (unpaired) electrons. The third kappa shape index (κ3) is 1.80. The van der Waals surface area contributed by atoms with Crippen molar-refractivity contribution in [2.45, 2.75) is 6.18 Å². The van der Waals surface area contributed by atoms with Gasteiger partial charge in [-0.15, -0.1) is 10.2 Å². The summed E-state index contributed by atoms with van der Waals surface area (Å²) < 4.78 is 38.2. The van der Waals surface area contributed by atoms with E-state index in [0.717, 1.165) is 6.20 Å². The maximum atomic E-state index is 12.5. The molecule has 0 bridgehead atoms. The molecule has 90 valence electrons. The van der Waals surface area contributed by atoms with Crippen molar-refractivity contribution in [2.75, 3.05) is 0 Å². The summed E-state index contributed by atoms with van der Waals surface area (Å²) in [4.78, 5) is 11.3. The van der Waals surface area contributed by atoms with Gasteiger partial charge in [-0.25, -0.2) is 5.84 Å². The van der Waals surface area contributed by atoms with Gasteiger partial charge in [0.05, 0.1) is 5.56 Å². The van der Waals surface area contributed by atoms with Crippen LogP contribution in [0.5, 0.6) is 0 Å². The molecule has 0 saturated carbocycles. The van der Waals surface area contributed by atoms with Gasteiger partial charge in [0.2, 0.25) is 5.82 Å². The summed E-state index contributed by atoms with van der Waals surface area (Å²) in [6, 6.07) is 2.57. The zero-order chi connectivity index (χ0) is 12.6. The van der Waals surface area contributed by atoms with Gasteiger partial charge in [0.15, 0.2) is 5.65 Å². The minimum Gasteiger partial charge on any atom is -0.290 e. The van der Waals surface area contributed by atoms with Gasteiger partial charge >= 0.3 is 6.18 Å². The first kappa shape index (κ1) is 11.3. The van der Waals surface area contributed by atoms with Gasteiger partial charge < -0.3 is 0 Å². The molecular weight excluding hydrogens is 239 g/mol. The molecule has 3 N–H and O–H groups in total. The van der Waals surface area contributed by atoms with Gasteiger partial charge in [0.1, 0.15) is 0 Å². The summed E-state index contributed by atoms with van der Waals surface area (Å²) in [6.45, 7) is 0. The zero-order valence-corrected chi connectivity index (χ0v) is 8.19. The molecule has 0 aliphatic rings. The number of hydrazine groups is 1. The van der Waals surface area contributed by atoms with E-state index in [9.17, 15) is 18.0 Å². The summed E-state index contributed by atoms with van der Waals surface area (Å²) in [7, 11) is 0. The quantitative estimate of drug-likeness (QED) is 0.431. The highest BCUT2D eigenvalue weighted by atomic mass is 19.4. The zero-order valence-electron chi connectivity index (χ0n) is 8.19. The van der Waals surface area contributed by atoms with E-state index in [1.807, 2.05) is 5.43 Å². The Labute approximate surface area is 92.2 Å². The largest absolute Gasteiger partial charge is 0.452 e. The SMILES string of the molecule is NNC(=O)c1cccn2c(C(F)(F)F)nnc12. The summed E-state index contributed by atoms with van der Waals surface area (Å²) >= 11 is 0. The molecule has 2 heterocycles. The average Bonchev–Trinajstić information content (AvgIpc) is 2.70. The van der Waals surface area contributed by atoms with Crippen LogP contribution in [0.2, 0.25) is 0 Å². The second-order valence-corrected chi connectivity index (χ2v) is 3.11. The number of rotatable bonds is 1. The molecule has 9 heteroatoms. The number of hydrogen-bond donors (Lipinski definition) is 2. The smallest absolute Gasteiger partial charge is 0.290 e. The first-order valence-corrected chi connectivity index (χ1v) is 4.37. The fourth-order valence-electron chi connectivity index (χ4n) is 1.36. The van der Waals surface area contributed by atoms with Crippen LogP contribution in [0.3, 0.4) is 0 Å². The Hall–Kier alpha value is -2.16. The van der Waals surface area contributed by atoms with E-state index in [2.05, 4.69) is 10.2 Å². The molecule has 0 unspecified atom stereocenters. The Kier molecular flexibility index (Phi) is 2.46. The van der Waals surface area contributed by atoms with Crippen LogP contribution in [-0.2, 0) is 6.18 Å². The summed E-state index contributed by atoms with van der Waals surface area (Å²) in [6.07, 6.45) is -3.53. The van der Waals surface area contributed by atoms with Gasteiger partial charge in [-0.2, -0.15) is 13.2 Å². The highest BCUT2D eigenvalue weighted by molar-refractivity contribution is 5.99. The molecule has 2 rings (SSSR count). The number of halogens is 3. The second kappa shape index (κ2) is 3.70. The lowest BCUT2D eigenvalue weighted by Crippen LogP contribution is -2.30. The van der Waals surface area contributed by atoms with Crippen molar-refractivity contribution >= 4 is 11.6 Å². The molecule has 0 aliphatic carbocycles. The summed E-state index contributed by atoms with van der Waals surface area (Å²) in [5.41, 5.74) is 1.53. The number of pyridine rings is 1. The van der Waals surface area contributed by atoms with Crippen LogP contribution in [-0.4, -0.2) is 20.5 Å². The number of nitrogen functional groups attached to an aromatic ring is 1. The van der Waals surface area contributed by atoms with E-state index < -0.39 is 17.9 Å². The van der Waals surface area contributed by atoms with Crippen LogP contribution in [0.15, 0.2) is 18.3 Å². The van der Waals surface area contributed by atoms with Gasteiger partial charge in [-0.05, 0) is 12.1 Å². The Morgan fingerprint density at radius 2 is 2.12 bits per heavy atom. The Morgan fingerprint density at radius 3 is 2.71 bits per heavy atom. The maximum Gasteiger partial charge on any atom is 0.452 e. The van der Waals surface area contributed by atoms with Crippen molar-refractivity contribution in [3.63, 3.8) is 0 Å². The number of carbonyl (C=O) groups is 1.